The van der Waals surface area contributed by atoms with Crippen molar-refractivity contribution >= 4 is 27.5 Å². The van der Waals surface area contributed by atoms with Crippen molar-refractivity contribution in [1.82, 2.24) is 4.90 Å². The quantitative estimate of drug-likeness (QED) is 0.748. The molecule has 2 nitrogen and oxygen atoms in total. The van der Waals surface area contributed by atoms with Crippen molar-refractivity contribution in [2.45, 2.75) is 19.4 Å². The first-order valence-corrected chi connectivity index (χ1v) is 8.20. The molecule has 0 amide bonds. The van der Waals surface area contributed by atoms with Crippen molar-refractivity contribution in [2.24, 2.45) is 5.41 Å². The average Bonchev–Trinajstić information content (AvgIpc) is 2.42. The molecule has 0 bridgehead atoms. The number of hydrogen-bond donors (Lipinski definition) is 0. The lowest BCUT2D eigenvalue weighted by molar-refractivity contribution is 0.0110. The van der Waals surface area contributed by atoms with E-state index < -0.39 is 0 Å². The molecule has 0 spiro atoms. The van der Waals surface area contributed by atoms with E-state index in [9.17, 15) is 0 Å². The van der Waals surface area contributed by atoms with Gasteiger partial charge in [-0.25, -0.2) is 0 Å². The standard InChI is InChI=1S/C15H21BrClNO/c1-18(10-13-2-4-14(17)5-3-13)12-15(11-16)6-8-19-9-7-15/h2-5H,6-12H2,1H3. The van der Waals surface area contributed by atoms with Gasteiger partial charge in [-0.05, 0) is 43.0 Å². The number of nitrogens with zero attached hydrogens (tertiary/aromatic N) is 1. The van der Waals surface area contributed by atoms with Crippen LogP contribution in [0, 0.1) is 5.41 Å². The van der Waals surface area contributed by atoms with Gasteiger partial charge in [-0.1, -0.05) is 39.7 Å². The van der Waals surface area contributed by atoms with Crippen LogP contribution in [0.5, 0.6) is 0 Å². The number of ether oxygens (including phenoxy) is 1. The molecule has 1 fully saturated rings. The zero-order chi connectivity index (χ0) is 13.7. The molecule has 1 aliphatic heterocycles. The van der Waals surface area contributed by atoms with Crippen molar-refractivity contribution in [3.63, 3.8) is 0 Å². The molecule has 1 saturated heterocycles. The van der Waals surface area contributed by atoms with Crippen LogP contribution in [0.15, 0.2) is 24.3 Å². The first kappa shape index (κ1) is 15.3. The van der Waals surface area contributed by atoms with Gasteiger partial charge in [0.05, 0.1) is 0 Å². The van der Waals surface area contributed by atoms with Crippen LogP contribution in [0.4, 0.5) is 0 Å². The number of alkyl halides is 1. The summed E-state index contributed by atoms with van der Waals surface area (Å²) in [7, 11) is 2.19. The van der Waals surface area contributed by atoms with Crippen molar-refractivity contribution in [1.29, 1.82) is 0 Å². The summed E-state index contributed by atoms with van der Waals surface area (Å²) in [5.41, 5.74) is 1.67. The van der Waals surface area contributed by atoms with Crippen molar-refractivity contribution < 1.29 is 4.74 Å². The van der Waals surface area contributed by atoms with Gasteiger partial charge in [0, 0.05) is 36.7 Å². The molecule has 106 valence electrons. The Bertz CT molecular complexity index is 390. The van der Waals surface area contributed by atoms with E-state index in [2.05, 4.69) is 40.0 Å². The second kappa shape index (κ2) is 7.07. The summed E-state index contributed by atoms with van der Waals surface area (Å²) in [5, 5.41) is 1.85. The molecule has 0 aromatic heterocycles. The molecule has 0 radical (unpaired) electrons. The molecular formula is C15H21BrClNO. The monoisotopic (exact) mass is 345 g/mol. The Hall–Kier alpha value is -0.0900. The first-order chi connectivity index (χ1) is 9.13. The predicted octanol–water partition coefficient (Wildman–Crippen LogP) is 3.96. The van der Waals surface area contributed by atoms with E-state index in [0.717, 1.165) is 49.5 Å². The van der Waals surface area contributed by atoms with Gasteiger partial charge in [0.25, 0.3) is 0 Å². The van der Waals surface area contributed by atoms with Gasteiger partial charge in [0.1, 0.15) is 0 Å². The molecule has 2 rings (SSSR count). The molecular weight excluding hydrogens is 326 g/mol. The molecule has 1 aliphatic rings. The van der Waals surface area contributed by atoms with Crippen molar-refractivity contribution in [3.8, 4) is 0 Å². The summed E-state index contributed by atoms with van der Waals surface area (Å²) in [4.78, 5) is 2.40. The van der Waals surface area contributed by atoms with Gasteiger partial charge in [0.15, 0.2) is 0 Å². The Morgan fingerprint density at radius 2 is 1.89 bits per heavy atom. The summed E-state index contributed by atoms with van der Waals surface area (Å²) in [6.45, 7) is 3.85. The van der Waals surface area contributed by atoms with E-state index in [0.29, 0.717) is 5.41 Å². The topological polar surface area (TPSA) is 12.5 Å². The number of rotatable bonds is 5. The lowest BCUT2D eigenvalue weighted by atomic mass is 9.82. The second-order valence-corrected chi connectivity index (χ2v) is 6.54. The third kappa shape index (κ3) is 4.45. The smallest absolute Gasteiger partial charge is 0.0472 e. The second-order valence-electron chi connectivity index (χ2n) is 5.54. The third-order valence-corrected chi connectivity index (χ3v) is 5.25. The van der Waals surface area contributed by atoms with E-state index >= 15 is 0 Å². The van der Waals surface area contributed by atoms with Gasteiger partial charge >= 0.3 is 0 Å². The van der Waals surface area contributed by atoms with E-state index in [1.807, 2.05) is 12.1 Å². The fraction of sp³-hybridized carbons (Fsp3) is 0.600. The minimum Gasteiger partial charge on any atom is -0.381 e. The SMILES string of the molecule is CN(Cc1ccc(Cl)cc1)CC1(CBr)CCOCC1. The molecule has 1 heterocycles. The predicted molar refractivity (Wildman–Crippen MR) is 84.1 cm³/mol. The van der Waals surface area contributed by atoms with Crippen molar-refractivity contribution in [2.75, 3.05) is 32.1 Å². The van der Waals surface area contributed by atoms with Crippen LogP contribution in [-0.2, 0) is 11.3 Å². The maximum absolute atomic E-state index is 5.91. The highest BCUT2D eigenvalue weighted by Crippen LogP contribution is 2.33. The normalized spacial score (nSPS) is 18.7. The molecule has 1 aromatic carbocycles. The largest absolute Gasteiger partial charge is 0.381 e. The summed E-state index contributed by atoms with van der Waals surface area (Å²) < 4.78 is 5.49. The summed E-state index contributed by atoms with van der Waals surface area (Å²) in [5.74, 6) is 0. The lowest BCUT2D eigenvalue weighted by Gasteiger charge is -2.38. The molecule has 0 atom stereocenters. The Kier molecular flexibility index (Phi) is 5.70. The van der Waals surface area contributed by atoms with Crippen LogP contribution >= 0.6 is 27.5 Å². The number of halogens is 2. The summed E-state index contributed by atoms with van der Waals surface area (Å²) in [6, 6.07) is 8.12. The van der Waals surface area contributed by atoms with Crippen LogP contribution in [0.1, 0.15) is 18.4 Å². The molecule has 19 heavy (non-hydrogen) atoms. The minimum atomic E-state index is 0.361. The first-order valence-electron chi connectivity index (χ1n) is 6.70. The Morgan fingerprint density at radius 1 is 1.26 bits per heavy atom. The highest BCUT2D eigenvalue weighted by Gasteiger charge is 2.32. The number of hydrogen-bond acceptors (Lipinski definition) is 2. The van der Waals surface area contributed by atoms with E-state index in [-0.39, 0.29) is 0 Å². The van der Waals surface area contributed by atoms with Crippen LogP contribution < -0.4 is 0 Å². The molecule has 1 aromatic rings. The Balaban J connectivity index is 1.92. The fourth-order valence-electron chi connectivity index (χ4n) is 2.67. The maximum Gasteiger partial charge on any atom is 0.0472 e. The molecule has 0 unspecified atom stereocenters. The van der Waals surface area contributed by atoms with E-state index in [1.165, 1.54) is 5.56 Å². The van der Waals surface area contributed by atoms with Crippen LogP contribution in [-0.4, -0.2) is 37.0 Å². The van der Waals surface area contributed by atoms with Gasteiger partial charge in [-0.3, -0.25) is 0 Å². The third-order valence-electron chi connectivity index (χ3n) is 3.81. The molecule has 0 aliphatic carbocycles. The molecule has 0 N–H and O–H groups in total. The van der Waals surface area contributed by atoms with Crippen LogP contribution in [0.3, 0.4) is 0 Å². The number of benzene rings is 1. The Morgan fingerprint density at radius 3 is 2.47 bits per heavy atom. The average molecular weight is 347 g/mol. The van der Waals surface area contributed by atoms with Gasteiger partial charge in [-0.2, -0.15) is 0 Å². The van der Waals surface area contributed by atoms with Gasteiger partial charge in [-0.15, -0.1) is 0 Å². The van der Waals surface area contributed by atoms with Crippen molar-refractivity contribution in [3.05, 3.63) is 34.9 Å². The fourth-order valence-corrected chi connectivity index (χ4v) is 3.53. The minimum absolute atomic E-state index is 0.361. The van der Waals surface area contributed by atoms with Gasteiger partial charge in [0.2, 0.25) is 0 Å². The van der Waals surface area contributed by atoms with Crippen LogP contribution in [0.25, 0.3) is 0 Å². The molecule has 4 heteroatoms. The maximum atomic E-state index is 5.91. The van der Waals surface area contributed by atoms with Crippen LogP contribution in [0.2, 0.25) is 5.02 Å². The zero-order valence-electron chi connectivity index (χ0n) is 11.4. The highest BCUT2D eigenvalue weighted by molar-refractivity contribution is 9.09. The highest BCUT2D eigenvalue weighted by atomic mass is 79.9. The lowest BCUT2D eigenvalue weighted by Crippen LogP contribution is -2.41. The van der Waals surface area contributed by atoms with E-state index in [1.54, 1.807) is 0 Å². The Labute approximate surface area is 129 Å². The van der Waals surface area contributed by atoms with E-state index in [4.69, 9.17) is 16.3 Å². The summed E-state index contributed by atoms with van der Waals surface area (Å²) in [6.07, 6.45) is 2.28. The van der Waals surface area contributed by atoms with Gasteiger partial charge < -0.3 is 9.64 Å². The summed E-state index contributed by atoms with van der Waals surface area (Å²) >= 11 is 9.61. The molecule has 0 saturated carbocycles. The zero-order valence-corrected chi connectivity index (χ0v) is 13.7.